The zero-order chi connectivity index (χ0) is 13.8. The second kappa shape index (κ2) is 6.04. The molecule has 2 unspecified atom stereocenters. The van der Waals surface area contributed by atoms with E-state index in [4.69, 9.17) is 0 Å². The average molecular weight is 251 g/mol. The Kier molecular flexibility index (Phi) is 5.19. The normalized spacial score (nSPS) is 28.6. The van der Waals surface area contributed by atoms with E-state index in [0.717, 1.165) is 25.9 Å². The topological polar surface area (TPSA) is 39.1 Å². The first-order valence-electron chi connectivity index (χ1n) is 7.12. The van der Waals surface area contributed by atoms with Crippen molar-refractivity contribution < 1.29 is 0 Å². The molecule has 1 rings (SSSR count). The third-order valence-corrected chi connectivity index (χ3v) is 4.07. The maximum atomic E-state index is 9.41. The molecule has 104 valence electrons. The smallest absolute Gasteiger partial charge is 0.109 e. The fourth-order valence-corrected chi connectivity index (χ4v) is 3.27. The van der Waals surface area contributed by atoms with Crippen LogP contribution in [0.2, 0.25) is 0 Å². The maximum Gasteiger partial charge on any atom is 0.109 e. The molecule has 0 aliphatic heterocycles. The molecule has 1 aliphatic carbocycles. The lowest BCUT2D eigenvalue weighted by Gasteiger charge is -2.31. The van der Waals surface area contributed by atoms with Gasteiger partial charge >= 0.3 is 0 Å². The number of rotatable bonds is 5. The number of nitrogens with zero attached hydrogens (tertiary/aromatic N) is 2. The maximum absolute atomic E-state index is 9.41. The van der Waals surface area contributed by atoms with Crippen LogP contribution in [0.5, 0.6) is 0 Å². The minimum atomic E-state index is -0.261. The van der Waals surface area contributed by atoms with Crippen molar-refractivity contribution in [3.05, 3.63) is 0 Å². The van der Waals surface area contributed by atoms with Crippen molar-refractivity contribution in [3.63, 3.8) is 0 Å². The van der Waals surface area contributed by atoms with E-state index in [1.54, 1.807) is 0 Å². The quantitative estimate of drug-likeness (QED) is 0.816. The molecule has 0 heterocycles. The van der Waals surface area contributed by atoms with Crippen LogP contribution in [0.15, 0.2) is 0 Å². The zero-order valence-electron chi connectivity index (χ0n) is 12.7. The van der Waals surface area contributed by atoms with E-state index in [-0.39, 0.29) is 5.54 Å². The molecule has 1 N–H and O–H groups in total. The van der Waals surface area contributed by atoms with Gasteiger partial charge in [-0.05, 0) is 51.2 Å². The molecule has 0 amide bonds. The van der Waals surface area contributed by atoms with Crippen LogP contribution in [0.1, 0.15) is 46.5 Å². The van der Waals surface area contributed by atoms with Crippen LogP contribution in [0.3, 0.4) is 0 Å². The third kappa shape index (κ3) is 3.96. The second-order valence-electron chi connectivity index (χ2n) is 7.01. The summed E-state index contributed by atoms with van der Waals surface area (Å²) in [6, 6.07) is 2.52. The Labute approximate surface area is 113 Å². The lowest BCUT2D eigenvalue weighted by atomic mass is 9.86. The van der Waals surface area contributed by atoms with Crippen molar-refractivity contribution >= 4 is 0 Å². The van der Waals surface area contributed by atoms with Gasteiger partial charge in [0.2, 0.25) is 0 Å². The lowest BCUT2D eigenvalue weighted by Crippen LogP contribution is -2.45. The predicted octanol–water partition coefficient (Wildman–Crippen LogP) is 2.64. The summed E-state index contributed by atoms with van der Waals surface area (Å²) in [4.78, 5) is 2.40. The highest BCUT2D eigenvalue weighted by Gasteiger charge is 2.41. The molecule has 1 aliphatic rings. The monoisotopic (exact) mass is 251 g/mol. The van der Waals surface area contributed by atoms with Gasteiger partial charge in [-0.25, -0.2) is 0 Å². The minimum Gasteiger partial charge on any atom is -0.306 e. The summed E-state index contributed by atoms with van der Waals surface area (Å²) in [5.74, 6) is 0.509. The van der Waals surface area contributed by atoms with E-state index in [0.29, 0.717) is 11.3 Å². The summed E-state index contributed by atoms with van der Waals surface area (Å²) in [5, 5.41) is 12.7. The van der Waals surface area contributed by atoms with Crippen LogP contribution >= 0.6 is 0 Å². The highest BCUT2D eigenvalue weighted by atomic mass is 15.1. The lowest BCUT2D eigenvalue weighted by molar-refractivity contribution is 0.201. The van der Waals surface area contributed by atoms with Crippen molar-refractivity contribution in [2.45, 2.75) is 52.0 Å². The Hall–Kier alpha value is -0.590. The number of nitriles is 1. The van der Waals surface area contributed by atoms with Gasteiger partial charge in [-0.2, -0.15) is 5.26 Å². The molecule has 2 atom stereocenters. The largest absolute Gasteiger partial charge is 0.306 e. The van der Waals surface area contributed by atoms with Gasteiger partial charge in [0.1, 0.15) is 5.54 Å². The van der Waals surface area contributed by atoms with E-state index in [9.17, 15) is 5.26 Å². The van der Waals surface area contributed by atoms with Crippen molar-refractivity contribution in [2.75, 3.05) is 27.2 Å². The fraction of sp³-hybridized carbons (Fsp3) is 0.933. The Morgan fingerprint density at radius 2 is 2.11 bits per heavy atom. The molecule has 1 saturated carbocycles. The molecule has 0 spiro atoms. The fourth-order valence-electron chi connectivity index (χ4n) is 3.27. The van der Waals surface area contributed by atoms with Crippen molar-refractivity contribution in [1.29, 1.82) is 5.26 Å². The number of nitrogens with one attached hydrogen (secondary N) is 1. The van der Waals surface area contributed by atoms with E-state index in [1.807, 2.05) is 7.05 Å². The molecule has 3 nitrogen and oxygen atoms in total. The summed E-state index contributed by atoms with van der Waals surface area (Å²) in [5.41, 5.74) is 0.0856. The Morgan fingerprint density at radius 3 is 2.61 bits per heavy atom. The van der Waals surface area contributed by atoms with Gasteiger partial charge in [0.05, 0.1) is 6.07 Å². The summed E-state index contributed by atoms with van der Waals surface area (Å²) >= 11 is 0. The van der Waals surface area contributed by atoms with E-state index >= 15 is 0 Å². The standard InChI is InChI=1S/C15H29N3/c1-14(2,3)12-18(5)10-8-13-7-6-9-15(13,11-16)17-4/h13,17H,6-10,12H2,1-5H3. The van der Waals surface area contributed by atoms with Gasteiger partial charge in [-0.15, -0.1) is 0 Å². The molecule has 0 aromatic heterocycles. The molecule has 0 aromatic carbocycles. The highest BCUT2D eigenvalue weighted by molar-refractivity contribution is 5.13. The van der Waals surface area contributed by atoms with Crippen LogP contribution in [-0.4, -0.2) is 37.6 Å². The molecular weight excluding hydrogens is 222 g/mol. The number of hydrogen-bond donors (Lipinski definition) is 1. The zero-order valence-corrected chi connectivity index (χ0v) is 12.7. The molecule has 0 aromatic rings. The summed E-state index contributed by atoms with van der Waals surface area (Å²) in [6.45, 7) is 9.01. The van der Waals surface area contributed by atoms with Gasteiger partial charge in [0.15, 0.2) is 0 Å². The van der Waals surface area contributed by atoms with Gasteiger partial charge in [0.25, 0.3) is 0 Å². The Balaban J connectivity index is 2.46. The molecule has 0 bridgehead atoms. The Bertz CT molecular complexity index is 300. The molecule has 1 fully saturated rings. The van der Waals surface area contributed by atoms with Gasteiger partial charge in [-0.3, -0.25) is 0 Å². The van der Waals surface area contributed by atoms with Gasteiger partial charge in [0, 0.05) is 6.54 Å². The summed E-state index contributed by atoms with van der Waals surface area (Å²) in [7, 11) is 4.12. The molecule has 18 heavy (non-hydrogen) atoms. The van der Waals surface area contributed by atoms with Gasteiger partial charge < -0.3 is 10.2 Å². The molecule has 0 radical (unpaired) electrons. The van der Waals surface area contributed by atoms with E-state index < -0.39 is 0 Å². The third-order valence-electron chi connectivity index (χ3n) is 4.07. The van der Waals surface area contributed by atoms with Crippen LogP contribution in [0.25, 0.3) is 0 Å². The van der Waals surface area contributed by atoms with E-state index in [2.05, 4.69) is 44.1 Å². The van der Waals surface area contributed by atoms with Crippen molar-refractivity contribution in [2.24, 2.45) is 11.3 Å². The first kappa shape index (κ1) is 15.5. The molecule has 3 heteroatoms. The van der Waals surface area contributed by atoms with Gasteiger partial charge in [-0.1, -0.05) is 27.2 Å². The molecular formula is C15H29N3. The summed E-state index contributed by atoms with van der Waals surface area (Å²) < 4.78 is 0. The summed E-state index contributed by atoms with van der Waals surface area (Å²) in [6.07, 6.45) is 4.51. The number of hydrogen-bond acceptors (Lipinski definition) is 3. The van der Waals surface area contributed by atoms with Crippen LogP contribution in [0, 0.1) is 22.7 Å². The van der Waals surface area contributed by atoms with Crippen LogP contribution in [0.4, 0.5) is 0 Å². The average Bonchev–Trinajstić information content (AvgIpc) is 2.67. The van der Waals surface area contributed by atoms with Crippen LogP contribution in [-0.2, 0) is 0 Å². The van der Waals surface area contributed by atoms with Crippen LogP contribution < -0.4 is 5.32 Å². The highest BCUT2D eigenvalue weighted by Crippen LogP contribution is 2.37. The predicted molar refractivity (Wildman–Crippen MR) is 76.3 cm³/mol. The van der Waals surface area contributed by atoms with Crippen molar-refractivity contribution in [3.8, 4) is 6.07 Å². The SMILES string of the molecule is CNC1(C#N)CCCC1CCN(C)CC(C)(C)C. The minimum absolute atomic E-state index is 0.261. The second-order valence-corrected chi connectivity index (χ2v) is 7.01. The first-order valence-corrected chi connectivity index (χ1v) is 7.12. The van der Waals surface area contributed by atoms with Crippen molar-refractivity contribution in [1.82, 2.24) is 10.2 Å². The van der Waals surface area contributed by atoms with E-state index in [1.165, 1.54) is 12.8 Å². The molecule has 0 saturated heterocycles. The Morgan fingerprint density at radius 1 is 1.44 bits per heavy atom. The first-order chi connectivity index (χ1) is 8.33.